The lowest BCUT2D eigenvalue weighted by atomic mass is 10.1. The van der Waals surface area contributed by atoms with Gasteiger partial charge in [-0.05, 0) is 24.1 Å². The third-order valence-corrected chi connectivity index (χ3v) is 2.77. The highest BCUT2D eigenvalue weighted by Crippen LogP contribution is 2.23. The van der Waals surface area contributed by atoms with Crippen LogP contribution in [0.2, 0.25) is 0 Å². The van der Waals surface area contributed by atoms with Gasteiger partial charge in [0.15, 0.2) is 5.58 Å². The lowest BCUT2D eigenvalue weighted by Crippen LogP contribution is -2.08. The summed E-state index contributed by atoms with van der Waals surface area (Å²) in [7, 11) is 1.71. The van der Waals surface area contributed by atoms with Crippen molar-refractivity contribution in [1.29, 1.82) is 0 Å². The second-order valence-electron chi connectivity index (χ2n) is 3.19. The fourth-order valence-electron chi connectivity index (χ4n) is 1.52. The maximum absolute atomic E-state index is 11.3. The molecule has 0 fully saturated rings. The highest BCUT2D eigenvalue weighted by molar-refractivity contribution is 9.10. The topological polar surface area (TPSA) is 35.1 Å². The summed E-state index contributed by atoms with van der Waals surface area (Å²) in [4.78, 5) is 11.3. The molecule has 0 spiro atoms. The van der Waals surface area contributed by atoms with E-state index in [2.05, 4.69) is 15.9 Å². The van der Waals surface area contributed by atoms with Gasteiger partial charge in [0.1, 0.15) is 0 Å². The fraction of sp³-hybridized carbons (Fsp3) is 0.300. The molecule has 0 unspecified atom stereocenters. The molecule has 0 aliphatic rings. The predicted octanol–water partition coefficient (Wildman–Crippen LogP) is 2.46. The number of nitrogens with zero attached hydrogens (tertiary/aromatic N) is 1. The third kappa shape index (κ3) is 1.30. The first-order valence-electron chi connectivity index (χ1n) is 4.41. The molecule has 2 aromatic rings. The number of rotatable bonds is 1. The summed E-state index contributed by atoms with van der Waals surface area (Å²) in [6.07, 6.45) is 0.850. The first-order valence-corrected chi connectivity index (χ1v) is 5.20. The molecule has 0 amide bonds. The Bertz CT molecular complexity index is 539. The van der Waals surface area contributed by atoms with E-state index in [9.17, 15) is 4.79 Å². The number of aryl methyl sites for hydroxylation is 2. The number of aromatic nitrogens is 1. The van der Waals surface area contributed by atoms with E-state index in [0.29, 0.717) is 5.58 Å². The van der Waals surface area contributed by atoms with Crippen LogP contribution in [0.5, 0.6) is 0 Å². The van der Waals surface area contributed by atoms with Crippen molar-refractivity contribution >= 4 is 27.0 Å². The number of oxazole rings is 1. The van der Waals surface area contributed by atoms with Crippen molar-refractivity contribution in [3.8, 4) is 0 Å². The maximum atomic E-state index is 11.3. The predicted molar refractivity (Wildman–Crippen MR) is 58.5 cm³/mol. The van der Waals surface area contributed by atoms with Crippen molar-refractivity contribution in [2.45, 2.75) is 13.3 Å². The smallest absolute Gasteiger partial charge is 0.407 e. The molecule has 0 atom stereocenters. The first kappa shape index (κ1) is 9.52. The number of hydrogen-bond donors (Lipinski definition) is 0. The Morgan fingerprint density at radius 3 is 2.86 bits per heavy atom. The van der Waals surface area contributed by atoms with Gasteiger partial charge in [-0.3, -0.25) is 4.57 Å². The number of hydrogen-bond acceptors (Lipinski definition) is 2. The van der Waals surface area contributed by atoms with E-state index < -0.39 is 0 Å². The minimum atomic E-state index is -0.312. The van der Waals surface area contributed by atoms with Gasteiger partial charge in [0.2, 0.25) is 0 Å². The van der Waals surface area contributed by atoms with Crippen LogP contribution in [0.25, 0.3) is 11.1 Å². The molecule has 1 aromatic heterocycles. The molecule has 0 bridgehead atoms. The van der Waals surface area contributed by atoms with Crippen molar-refractivity contribution in [3.05, 3.63) is 32.7 Å². The SMILES string of the molecule is CCc1cc(Br)cc2c1oc(=O)n2C. The minimum absolute atomic E-state index is 0.312. The summed E-state index contributed by atoms with van der Waals surface area (Å²) in [6.45, 7) is 2.04. The molecule has 1 aromatic carbocycles. The summed E-state index contributed by atoms with van der Waals surface area (Å²) >= 11 is 3.41. The summed E-state index contributed by atoms with van der Waals surface area (Å²) in [5, 5.41) is 0. The summed E-state index contributed by atoms with van der Waals surface area (Å²) in [5.74, 6) is -0.312. The minimum Gasteiger partial charge on any atom is -0.407 e. The van der Waals surface area contributed by atoms with E-state index in [1.165, 1.54) is 4.57 Å². The van der Waals surface area contributed by atoms with Crippen LogP contribution < -0.4 is 5.76 Å². The molecule has 74 valence electrons. The van der Waals surface area contributed by atoms with Crippen molar-refractivity contribution in [2.24, 2.45) is 7.05 Å². The highest BCUT2D eigenvalue weighted by Gasteiger charge is 2.10. The first-order chi connectivity index (χ1) is 6.63. The second-order valence-corrected chi connectivity index (χ2v) is 4.11. The van der Waals surface area contributed by atoms with Gasteiger partial charge in [-0.15, -0.1) is 0 Å². The van der Waals surface area contributed by atoms with Gasteiger partial charge >= 0.3 is 5.76 Å². The van der Waals surface area contributed by atoms with Gasteiger partial charge in [0, 0.05) is 11.5 Å². The number of fused-ring (bicyclic) bond motifs is 1. The molecule has 1 heterocycles. The molecular formula is C10H10BrNO2. The quantitative estimate of drug-likeness (QED) is 0.785. The van der Waals surface area contributed by atoms with Crippen molar-refractivity contribution in [2.75, 3.05) is 0 Å². The van der Waals surface area contributed by atoms with E-state index in [1.807, 2.05) is 19.1 Å². The van der Waals surface area contributed by atoms with Crippen LogP contribution in [0.4, 0.5) is 0 Å². The van der Waals surface area contributed by atoms with Gasteiger partial charge in [-0.25, -0.2) is 4.79 Å². The Balaban J connectivity index is 2.94. The standard InChI is InChI=1S/C10H10BrNO2/c1-3-6-4-7(11)5-8-9(6)14-10(13)12(8)2/h4-5H,3H2,1-2H3. The van der Waals surface area contributed by atoms with Crippen LogP contribution >= 0.6 is 15.9 Å². The number of benzene rings is 1. The van der Waals surface area contributed by atoms with Gasteiger partial charge in [0.25, 0.3) is 0 Å². The Morgan fingerprint density at radius 1 is 1.50 bits per heavy atom. The van der Waals surface area contributed by atoms with Crippen LogP contribution in [0.1, 0.15) is 12.5 Å². The lowest BCUT2D eigenvalue weighted by molar-refractivity contribution is 0.525. The van der Waals surface area contributed by atoms with Gasteiger partial charge in [-0.1, -0.05) is 22.9 Å². The van der Waals surface area contributed by atoms with Crippen LogP contribution in [0.3, 0.4) is 0 Å². The largest absolute Gasteiger partial charge is 0.419 e. The van der Waals surface area contributed by atoms with Crippen LogP contribution in [-0.4, -0.2) is 4.57 Å². The summed E-state index contributed by atoms with van der Waals surface area (Å²) in [6, 6.07) is 3.87. The Labute approximate surface area is 89.5 Å². The molecule has 14 heavy (non-hydrogen) atoms. The molecule has 0 saturated heterocycles. The Morgan fingerprint density at radius 2 is 2.21 bits per heavy atom. The summed E-state index contributed by atoms with van der Waals surface area (Å²) in [5.41, 5.74) is 2.58. The molecule has 0 radical (unpaired) electrons. The molecule has 0 N–H and O–H groups in total. The maximum Gasteiger partial charge on any atom is 0.419 e. The van der Waals surface area contributed by atoms with Crippen LogP contribution in [0.15, 0.2) is 25.8 Å². The molecule has 0 aliphatic heterocycles. The third-order valence-electron chi connectivity index (χ3n) is 2.32. The van der Waals surface area contributed by atoms with E-state index >= 15 is 0 Å². The molecule has 0 saturated carbocycles. The van der Waals surface area contributed by atoms with Gasteiger partial charge in [-0.2, -0.15) is 0 Å². The average molecular weight is 256 g/mol. The van der Waals surface area contributed by atoms with E-state index in [0.717, 1.165) is 22.0 Å². The van der Waals surface area contributed by atoms with Gasteiger partial charge in [0.05, 0.1) is 5.52 Å². The van der Waals surface area contributed by atoms with Crippen LogP contribution in [0, 0.1) is 0 Å². The van der Waals surface area contributed by atoms with Crippen molar-refractivity contribution in [1.82, 2.24) is 4.57 Å². The van der Waals surface area contributed by atoms with E-state index in [1.54, 1.807) is 7.05 Å². The number of halogens is 1. The zero-order chi connectivity index (χ0) is 10.3. The second kappa shape index (κ2) is 3.28. The molecule has 4 heteroatoms. The van der Waals surface area contributed by atoms with Crippen LogP contribution in [-0.2, 0) is 13.5 Å². The highest BCUT2D eigenvalue weighted by atomic mass is 79.9. The summed E-state index contributed by atoms with van der Waals surface area (Å²) < 4.78 is 7.65. The van der Waals surface area contributed by atoms with E-state index in [-0.39, 0.29) is 5.76 Å². The van der Waals surface area contributed by atoms with Crippen molar-refractivity contribution in [3.63, 3.8) is 0 Å². The fourth-order valence-corrected chi connectivity index (χ4v) is 2.01. The average Bonchev–Trinajstić information content (AvgIpc) is 2.43. The normalized spacial score (nSPS) is 11.1. The van der Waals surface area contributed by atoms with Crippen molar-refractivity contribution < 1.29 is 4.42 Å². The monoisotopic (exact) mass is 255 g/mol. The Kier molecular flexibility index (Phi) is 2.23. The zero-order valence-corrected chi connectivity index (χ0v) is 9.59. The zero-order valence-electron chi connectivity index (χ0n) is 8.00. The molecule has 3 nitrogen and oxygen atoms in total. The molecule has 2 rings (SSSR count). The molecule has 0 aliphatic carbocycles. The van der Waals surface area contributed by atoms with E-state index in [4.69, 9.17) is 4.42 Å². The Hall–Kier alpha value is -1.03. The molecular weight excluding hydrogens is 246 g/mol. The lowest BCUT2D eigenvalue weighted by Gasteiger charge is -1.99. The van der Waals surface area contributed by atoms with Gasteiger partial charge < -0.3 is 4.42 Å².